The van der Waals surface area contributed by atoms with E-state index < -0.39 is 6.10 Å². The second-order valence-electron chi connectivity index (χ2n) is 4.74. The van der Waals surface area contributed by atoms with Gasteiger partial charge >= 0.3 is 0 Å². The van der Waals surface area contributed by atoms with Crippen molar-refractivity contribution in [2.75, 3.05) is 20.2 Å². The number of aliphatic hydroxyl groups is 1. The van der Waals surface area contributed by atoms with Crippen molar-refractivity contribution >= 4 is 5.91 Å². The summed E-state index contributed by atoms with van der Waals surface area (Å²) in [5.74, 6) is 0.841. The molecule has 1 heterocycles. The van der Waals surface area contributed by atoms with Gasteiger partial charge in [-0.05, 0) is 24.1 Å². The van der Waals surface area contributed by atoms with E-state index in [1.165, 1.54) is 0 Å². The fraction of sp³-hybridized carbons (Fsp3) is 0.500. The van der Waals surface area contributed by atoms with Crippen LogP contribution in [-0.2, 0) is 4.79 Å². The Labute approximate surface area is 113 Å². The first-order chi connectivity index (χ1) is 9.19. The smallest absolute Gasteiger partial charge is 0.220 e. The summed E-state index contributed by atoms with van der Waals surface area (Å²) in [5, 5.41) is 16.2. The van der Waals surface area contributed by atoms with Gasteiger partial charge in [-0.2, -0.15) is 0 Å². The van der Waals surface area contributed by atoms with E-state index in [0.29, 0.717) is 19.5 Å². The summed E-state index contributed by atoms with van der Waals surface area (Å²) in [6.07, 6.45) is 0.788. The number of aliphatic hydroxyl groups excluding tert-OH is 1. The normalized spacial score (nSPS) is 20.7. The Balaban J connectivity index is 1.83. The van der Waals surface area contributed by atoms with E-state index in [2.05, 4.69) is 10.6 Å². The average Bonchev–Trinajstić information content (AvgIpc) is 2.46. The highest BCUT2D eigenvalue weighted by Gasteiger charge is 2.18. The molecule has 0 spiro atoms. The highest BCUT2D eigenvalue weighted by molar-refractivity contribution is 5.76. The van der Waals surface area contributed by atoms with Gasteiger partial charge in [0.15, 0.2) is 0 Å². The first-order valence-electron chi connectivity index (χ1n) is 6.51. The highest BCUT2D eigenvalue weighted by Crippen LogP contribution is 2.18. The number of piperidine rings is 1. The number of carbonyl (C=O) groups excluding carboxylic acids is 1. The zero-order valence-corrected chi connectivity index (χ0v) is 11.1. The summed E-state index contributed by atoms with van der Waals surface area (Å²) >= 11 is 0. The van der Waals surface area contributed by atoms with E-state index in [9.17, 15) is 9.90 Å². The minimum atomic E-state index is -0.576. The van der Waals surface area contributed by atoms with Crippen LogP contribution in [0.4, 0.5) is 0 Å². The first-order valence-corrected chi connectivity index (χ1v) is 6.51. The third kappa shape index (κ3) is 3.94. The minimum absolute atomic E-state index is 0.103. The molecule has 2 rings (SSSR count). The molecule has 1 aliphatic heterocycles. The predicted molar refractivity (Wildman–Crippen MR) is 72.0 cm³/mol. The quantitative estimate of drug-likeness (QED) is 0.728. The summed E-state index contributed by atoms with van der Waals surface area (Å²) < 4.78 is 5.13. The van der Waals surface area contributed by atoms with Gasteiger partial charge in [0.2, 0.25) is 5.91 Å². The average molecular weight is 264 g/mol. The van der Waals surface area contributed by atoms with Crippen molar-refractivity contribution in [3.05, 3.63) is 29.8 Å². The zero-order chi connectivity index (χ0) is 13.7. The van der Waals surface area contributed by atoms with Gasteiger partial charge in [-0.25, -0.2) is 0 Å². The standard InChI is InChI=1S/C14H20N2O3/c1-19-12-4-2-3-10(7-12)13(17)9-15-11-5-6-14(18)16-8-11/h2-4,7,11,13,15,17H,5-6,8-9H2,1H3,(H,16,18). The molecule has 3 N–H and O–H groups in total. The molecular weight excluding hydrogens is 244 g/mol. The van der Waals surface area contributed by atoms with Crippen molar-refractivity contribution in [1.82, 2.24) is 10.6 Å². The third-order valence-corrected chi connectivity index (χ3v) is 3.34. The molecule has 2 atom stereocenters. The number of methoxy groups -OCH3 is 1. The van der Waals surface area contributed by atoms with Crippen molar-refractivity contribution in [2.24, 2.45) is 0 Å². The first kappa shape index (κ1) is 13.8. The Hall–Kier alpha value is -1.59. The van der Waals surface area contributed by atoms with E-state index in [0.717, 1.165) is 17.7 Å². The Kier molecular flexibility index (Phi) is 4.76. The molecule has 19 heavy (non-hydrogen) atoms. The number of carbonyl (C=O) groups is 1. The van der Waals surface area contributed by atoms with Gasteiger partial charge < -0.3 is 20.5 Å². The molecule has 5 heteroatoms. The fourth-order valence-corrected chi connectivity index (χ4v) is 2.15. The third-order valence-electron chi connectivity index (χ3n) is 3.34. The lowest BCUT2D eigenvalue weighted by atomic mass is 10.1. The van der Waals surface area contributed by atoms with Crippen molar-refractivity contribution < 1.29 is 14.6 Å². The highest BCUT2D eigenvalue weighted by atomic mass is 16.5. The maximum atomic E-state index is 11.0. The largest absolute Gasteiger partial charge is 0.497 e. The van der Waals surface area contributed by atoms with Crippen molar-refractivity contribution in [3.63, 3.8) is 0 Å². The van der Waals surface area contributed by atoms with E-state index in [1.807, 2.05) is 24.3 Å². The Bertz CT molecular complexity index is 426. The molecule has 1 aromatic carbocycles. The van der Waals surface area contributed by atoms with Crippen LogP contribution in [0.3, 0.4) is 0 Å². The molecule has 0 radical (unpaired) electrons. The van der Waals surface area contributed by atoms with Gasteiger partial charge in [0.05, 0.1) is 13.2 Å². The van der Waals surface area contributed by atoms with Gasteiger partial charge in [-0.1, -0.05) is 12.1 Å². The molecule has 1 amide bonds. The summed E-state index contributed by atoms with van der Waals surface area (Å²) in [7, 11) is 1.61. The summed E-state index contributed by atoms with van der Waals surface area (Å²) in [4.78, 5) is 11.0. The molecule has 0 aliphatic carbocycles. The molecule has 1 aliphatic rings. The Morgan fingerprint density at radius 3 is 3.11 bits per heavy atom. The molecule has 1 aromatic rings. The number of nitrogens with one attached hydrogen (secondary N) is 2. The molecule has 2 unspecified atom stereocenters. The number of benzene rings is 1. The van der Waals surface area contributed by atoms with Crippen LogP contribution in [0.5, 0.6) is 5.75 Å². The van der Waals surface area contributed by atoms with Gasteiger partial charge in [0.1, 0.15) is 5.75 Å². The van der Waals surface area contributed by atoms with Gasteiger partial charge in [-0.15, -0.1) is 0 Å². The molecule has 1 fully saturated rings. The molecule has 0 saturated carbocycles. The number of amides is 1. The van der Waals surface area contributed by atoms with Crippen LogP contribution in [-0.4, -0.2) is 37.3 Å². The zero-order valence-electron chi connectivity index (χ0n) is 11.1. The second kappa shape index (κ2) is 6.54. The fourth-order valence-electron chi connectivity index (χ4n) is 2.15. The lowest BCUT2D eigenvalue weighted by Crippen LogP contribution is -2.46. The molecule has 5 nitrogen and oxygen atoms in total. The summed E-state index contributed by atoms with van der Waals surface area (Å²) in [6.45, 7) is 1.09. The van der Waals surface area contributed by atoms with Crippen LogP contribution in [0.15, 0.2) is 24.3 Å². The molecule has 0 aromatic heterocycles. The van der Waals surface area contributed by atoms with Crippen LogP contribution in [0.2, 0.25) is 0 Å². The van der Waals surface area contributed by atoms with Crippen LogP contribution in [0, 0.1) is 0 Å². The van der Waals surface area contributed by atoms with Gasteiger partial charge in [-0.3, -0.25) is 4.79 Å². The molecular formula is C14H20N2O3. The van der Waals surface area contributed by atoms with Gasteiger partial charge in [0.25, 0.3) is 0 Å². The van der Waals surface area contributed by atoms with Crippen molar-refractivity contribution in [1.29, 1.82) is 0 Å². The van der Waals surface area contributed by atoms with Crippen LogP contribution < -0.4 is 15.4 Å². The summed E-state index contributed by atoms with van der Waals surface area (Å²) in [6, 6.07) is 7.64. The van der Waals surface area contributed by atoms with E-state index in [-0.39, 0.29) is 11.9 Å². The molecule has 0 bridgehead atoms. The Morgan fingerprint density at radius 1 is 1.58 bits per heavy atom. The minimum Gasteiger partial charge on any atom is -0.497 e. The van der Waals surface area contributed by atoms with Crippen molar-refractivity contribution in [2.45, 2.75) is 25.0 Å². The number of rotatable bonds is 5. The summed E-state index contributed by atoms with van der Waals surface area (Å²) in [5.41, 5.74) is 0.826. The Morgan fingerprint density at radius 2 is 2.42 bits per heavy atom. The van der Waals surface area contributed by atoms with Crippen LogP contribution >= 0.6 is 0 Å². The number of hydrogen-bond acceptors (Lipinski definition) is 4. The number of hydrogen-bond donors (Lipinski definition) is 3. The van der Waals surface area contributed by atoms with Crippen LogP contribution in [0.1, 0.15) is 24.5 Å². The van der Waals surface area contributed by atoms with E-state index in [1.54, 1.807) is 7.11 Å². The molecule has 1 saturated heterocycles. The molecule has 104 valence electrons. The van der Waals surface area contributed by atoms with Crippen LogP contribution in [0.25, 0.3) is 0 Å². The van der Waals surface area contributed by atoms with E-state index >= 15 is 0 Å². The maximum absolute atomic E-state index is 11.0. The number of ether oxygens (including phenoxy) is 1. The van der Waals surface area contributed by atoms with Crippen molar-refractivity contribution in [3.8, 4) is 5.75 Å². The maximum Gasteiger partial charge on any atom is 0.220 e. The van der Waals surface area contributed by atoms with Gasteiger partial charge in [0, 0.05) is 25.6 Å². The SMILES string of the molecule is COc1cccc(C(O)CNC2CCC(=O)NC2)c1. The van der Waals surface area contributed by atoms with E-state index in [4.69, 9.17) is 4.74 Å². The second-order valence-corrected chi connectivity index (χ2v) is 4.74. The predicted octanol–water partition coefficient (Wildman–Crippen LogP) is 0.597. The lowest BCUT2D eigenvalue weighted by molar-refractivity contribution is -0.122. The topological polar surface area (TPSA) is 70.6 Å². The monoisotopic (exact) mass is 264 g/mol. The lowest BCUT2D eigenvalue weighted by Gasteiger charge is -2.25.